The molecular formula is C9H8N6S. The molecule has 0 aliphatic carbocycles. The van der Waals surface area contributed by atoms with Gasteiger partial charge >= 0.3 is 0 Å². The number of rotatable bonds is 2. The molecule has 0 aromatic carbocycles. The summed E-state index contributed by atoms with van der Waals surface area (Å²) in [6.45, 7) is 0.324. The zero-order valence-corrected chi connectivity index (χ0v) is 9.05. The van der Waals surface area contributed by atoms with Crippen LogP contribution in [0.3, 0.4) is 0 Å². The van der Waals surface area contributed by atoms with Crippen LogP contribution in [0.25, 0.3) is 16.0 Å². The fraction of sp³-hybridized carbons (Fsp3) is 0.111. The van der Waals surface area contributed by atoms with Crippen molar-refractivity contribution in [3.8, 4) is 5.82 Å². The Balaban J connectivity index is 2.21. The molecule has 0 atom stereocenters. The second-order valence-electron chi connectivity index (χ2n) is 3.15. The van der Waals surface area contributed by atoms with Gasteiger partial charge in [0.1, 0.15) is 17.5 Å². The highest BCUT2D eigenvalue weighted by Gasteiger charge is 2.08. The minimum atomic E-state index is 0.324. The smallest absolute Gasteiger partial charge is 0.167 e. The van der Waals surface area contributed by atoms with Gasteiger partial charge in [0.2, 0.25) is 0 Å². The topological polar surface area (TPSA) is 82.5 Å². The van der Waals surface area contributed by atoms with Gasteiger partial charge in [0.25, 0.3) is 0 Å². The van der Waals surface area contributed by atoms with Crippen LogP contribution < -0.4 is 5.73 Å². The van der Waals surface area contributed by atoms with E-state index in [1.165, 1.54) is 6.33 Å². The minimum absolute atomic E-state index is 0.324. The first-order valence-corrected chi connectivity index (χ1v) is 5.55. The van der Waals surface area contributed by atoms with Crippen molar-refractivity contribution in [2.24, 2.45) is 5.73 Å². The van der Waals surface area contributed by atoms with Crippen LogP contribution in [0.5, 0.6) is 0 Å². The largest absolute Gasteiger partial charge is 0.324 e. The molecule has 0 saturated heterocycles. The molecule has 0 saturated carbocycles. The Hall–Kier alpha value is -1.86. The number of thiophene rings is 1. The van der Waals surface area contributed by atoms with E-state index in [2.05, 4.69) is 20.1 Å². The Morgan fingerprint density at radius 3 is 3.06 bits per heavy atom. The van der Waals surface area contributed by atoms with Gasteiger partial charge in [-0.1, -0.05) is 0 Å². The summed E-state index contributed by atoms with van der Waals surface area (Å²) in [5, 5.41) is 7.17. The van der Waals surface area contributed by atoms with E-state index in [-0.39, 0.29) is 0 Å². The molecular weight excluding hydrogens is 224 g/mol. The van der Waals surface area contributed by atoms with Gasteiger partial charge in [-0.05, 0) is 11.4 Å². The summed E-state index contributed by atoms with van der Waals surface area (Å²) in [5.74, 6) is 1.33. The second-order valence-corrected chi connectivity index (χ2v) is 4.04. The molecule has 3 rings (SSSR count). The van der Waals surface area contributed by atoms with Crippen molar-refractivity contribution in [2.75, 3.05) is 0 Å². The zero-order valence-electron chi connectivity index (χ0n) is 8.24. The predicted molar refractivity (Wildman–Crippen MR) is 60.2 cm³/mol. The number of nitrogens with two attached hydrogens (primary N) is 1. The molecule has 0 spiro atoms. The number of hydrogen-bond donors (Lipinski definition) is 1. The van der Waals surface area contributed by atoms with Crippen LogP contribution in [-0.2, 0) is 6.54 Å². The summed E-state index contributed by atoms with van der Waals surface area (Å²) in [4.78, 5) is 13.4. The normalized spacial score (nSPS) is 11.1. The van der Waals surface area contributed by atoms with Crippen LogP contribution >= 0.6 is 11.3 Å². The predicted octanol–water partition coefficient (Wildman–Crippen LogP) is 0.731. The Morgan fingerprint density at radius 2 is 2.25 bits per heavy atom. The lowest BCUT2D eigenvalue weighted by Crippen LogP contribution is -2.02. The van der Waals surface area contributed by atoms with Crippen molar-refractivity contribution >= 4 is 21.6 Å². The van der Waals surface area contributed by atoms with E-state index in [4.69, 9.17) is 5.73 Å². The summed E-state index contributed by atoms with van der Waals surface area (Å²) in [5.41, 5.74) is 5.46. The Bertz CT molecular complexity index is 628. The van der Waals surface area contributed by atoms with Gasteiger partial charge in [-0.2, -0.15) is 0 Å². The monoisotopic (exact) mass is 232 g/mol. The average molecular weight is 232 g/mol. The first kappa shape index (κ1) is 9.37. The molecule has 16 heavy (non-hydrogen) atoms. The number of fused-ring (bicyclic) bond motifs is 1. The maximum absolute atomic E-state index is 5.46. The van der Waals surface area contributed by atoms with Crippen molar-refractivity contribution in [1.29, 1.82) is 0 Å². The highest BCUT2D eigenvalue weighted by atomic mass is 32.1. The lowest BCUT2D eigenvalue weighted by molar-refractivity contribution is 0.812. The third kappa shape index (κ3) is 1.37. The molecule has 80 valence electrons. The van der Waals surface area contributed by atoms with E-state index in [9.17, 15) is 0 Å². The Labute approximate surface area is 94.8 Å². The van der Waals surface area contributed by atoms with Crippen molar-refractivity contribution in [2.45, 2.75) is 6.54 Å². The van der Waals surface area contributed by atoms with Crippen LogP contribution in [0.4, 0.5) is 0 Å². The lowest BCUT2D eigenvalue weighted by atomic mass is 10.4. The van der Waals surface area contributed by atoms with Gasteiger partial charge in [0.05, 0.1) is 11.9 Å². The van der Waals surface area contributed by atoms with Crippen LogP contribution in [0.1, 0.15) is 5.82 Å². The number of nitrogens with zero attached hydrogens (tertiary/aromatic N) is 5. The zero-order chi connectivity index (χ0) is 11.0. The molecule has 3 heterocycles. The number of aromatic nitrogens is 5. The molecule has 2 N–H and O–H groups in total. The van der Waals surface area contributed by atoms with Gasteiger partial charge in [0, 0.05) is 0 Å². The second kappa shape index (κ2) is 3.62. The number of hydrogen-bond acceptors (Lipinski definition) is 6. The molecule has 0 fully saturated rings. The van der Waals surface area contributed by atoms with E-state index < -0.39 is 0 Å². The molecule has 0 bridgehead atoms. The highest BCUT2D eigenvalue weighted by Crippen LogP contribution is 2.22. The molecule has 0 amide bonds. The van der Waals surface area contributed by atoms with Gasteiger partial charge in [-0.15, -0.1) is 16.4 Å². The maximum atomic E-state index is 5.46. The van der Waals surface area contributed by atoms with Crippen LogP contribution in [0.15, 0.2) is 24.1 Å². The first-order chi connectivity index (χ1) is 7.88. The van der Waals surface area contributed by atoms with E-state index >= 15 is 0 Å². The molecule has 3 aromatic rings. The molecule has 0 aliphatic heterocycles. The van der Waals surface area contributed by atoms with Gasteiger partial charge in [-0.25, -0.2) is 19.6 Å². The Morgan fingerprint density at radius 1 is 1.31 bits per heavy atom. The summed E-state index contributed by atoms with van der Waals surface area (Å²) < 4.78 is 1.62. The van der Waals surface area contributed by atoms with Crippen molar-refractivity contribution in [3.63, 3.8) is 0 Å². The van der Waals surface area contributed by atoms with Crippen molar-refractivity contribution in [3.05, 3.63) is 29.9 Å². The average Bonchev–Trinajstić information content (AvgIpc) is 2.97. The lowest BCUT2D eigenvalue weighted by Gasteiger charge is -1.99. The van der Waals surface area contributed by atoms with Crippen molar-refractivity contribution < 1.29 is 0 Å². The van der Waals surface area contributed by atoms with E-state index in [0.29, 0.717) is 12.4 Å². The third-order valence-corrected chi connectivity index (χ3v) is 3.00. The van der Waals surface area contributed by atoms with Crippen LogP contribution in [0, 0.1) is 0 Å². The van der Waals surface area contributed by atoms with Gasteiger partial charge in [0.15, 0.2) is 11.6 Å². The molecule has 7 heteroatoms. The summed E-state index contributed by atoms with van der Waals surface area (Å²) in [6.07, 6.45) is 3.14. The SMILES string of the molecule is NCc1ncn(-c2ncnc3sccc23)n1. The van der Waals surface area contributed by atoms with E-state index in [1.807, 2.05) is 11.4 Å². The Kier molecular flexibility index (Phi) is 2.12. The van der Waals surface area contributed by atoms with E-state index in [1.54, 1.807) is 22.3 Å². The quantitative estimate of drug-likeness (QED) is 0.704. The van der Waals surface area contributed by atoms with Crippen molar-refractivity contribution in [1.82, 2.24) is 24.7 Å². The molecule has 3 aromatic heterocycles. The molecule has 0 radical (unpaired) electrons. The van der Waals surface area contributed by atoms with E-state index in [0.717, 1.165) is 16.0 Å². The summed E-state index contributed by atoms with van der Waals surface area (Å²) in [7, 11) is 0. The standard InChI is InChI=1S/C9H8N6S/c10-3-7-13-5-15(14-7)8-6-1-2-16-9(6)12-4-11-8/h1-2,4-5H,3,10H2. The minimum Gasteiger partial charge on any atom is -0.324 e. The van der Waals surface area contributed by atoms with Crippen LogP contribution in [-0.4, -0.2) is 24.7 Å². The van der Waals surface area contributed by atoms with Gasteiger partial charge < -0.3 is 5.73 Å². The molecule has 6 nitrogen and oxygen atoms in total. The fourth-order valence-corrected chi connectivity index (χ4v) is 2.18. The molecule has 0 aliphatic rings. The van der Waals surface area contributed by atoms with Crippen LogP contribution in [0.2, 0.25) is 0 Å². The maximum Gasteiger partial charge on any atom is 0.167 e. The third-order valence-electron chi connectivity index (χ3n) is 2.18. The molecule has 0 unspecified atom stereocenters. The summed E-state index contributed by atoms with van der Waals surface area (Å²) >= 11 is 1.57. The summed E-state index contributed by atoms with van der Waals surface area (Å²) in [6, 6.07) is 1.97. The fourth-order valence-electron chi connectivity index (χ4n) is 1.45. The first-order valence-electron chi connectivity index (χ1n) is 4.67. The highest BCUT2D eigenvalue weighted by molar-refractivity contribution is 7.16. The van der Waals surface area contributed by atoms with Gasteiger partial charge in [-0.3, -0.25) is 0 Å².